The highest BCUT2D eigenvalue weighted by Gasteiger charge is 2.00. The maximum absolute atomic E-state index is 12.1. The Hall–Kier alpha value is -3.15. The topological polar surface area (TPSA) is 57.6 Å². The molecule has 0 aromatic heterocycles. The van der Waals surface area contributed by atoms with Crippen molar-refractivity contribution in [2.24, 2.45) is 0 Å². The van der Waals surface area contributed by atoms with Crippen molar-refractivity contribution in [3.05, 3.63) is 126 Å². The Labute approximate surface area is 232 Å². The van der Waals surface area contributed by atoms with Crippen molar-refractivity contribution in [2.75, 3.05) is 0 Å². The van der Waals surface area contributed by atoms with Gasteiger partial charge < -0.3 is 9.84 Å². The van der Waals surface area contributed by atoms with E-state index in [1.165, 1.54) is 37.0 Å². The van der Waals surface area contributed by atoms with Crippen molar-refractivity contribution in [3.8, 4) is 23.3 Å². The fraction of sp³-hybridized carbons (Fsp3) is 0.0714. The van der Waals surface area contributed by atoms with Crippen LogP contribution in [0.25, 0.3) is 4.85 Å². The number of phenolic OH excluding ortho intramolecular Hbond substituents is 1. The number of ether oxygens (including phenoxy) is 1. The van der Waals surface area contributed by atoms with Crippen LogP contribution in [0.1, 0.15) is 16.7 Å². The zero-order valence-corrected chi connectivity index (χ0v) is 23.3. The molecule has 0 fully saturated rings. The number of aromatic hydroxyl groups is 1. The molecule has 0 spiro atoms. The van der Waals surface area contributed by atoms with Gasteiger partial charge in [-0.3, -0.25) is 0 Å². The molecule has 1 N–H and O–H groups in total. The second-order valence-electron chi connectivity index (χ2n) is 7.17. The largest absolute Gasteiger partial charge is 0.508 e. The van der Waals surface area contributed by atoms with E-state index in [1.807, 2.05) is 37.3 Å². The normalized spacial score (nSPS) is 9.34. The molecule has 0 heterocycles. The van der Waals surface area contributed by atoms with E-state index < -0.39 is 0 Å². The van der Waals surface area contributed by atoms with E-state index in [-0.39, 0.29) is 5.82 Å². The number of benzene rings is 4. The molecule has 4 nitrogen and oxygen atoms in total. The summed E-state index contributed by atoms with van der Waals surface area (Å²) >= 11 is 4.52. The van der Waals surface area contributed by atoms with Gasteiger partial charge in [-0.15, -0.1) is 0 Å². The molecule has 4 aromatic carbocycles. The highest BCUT2D eigenvalue weighted by molar-refractivity contribution is 14.1. The Bertz CT molecular complexity index is 1340. The van der Waals surface area contributed by atoms with Crippen LogP contribution in [0, 0.1) is 44.7 Å². The van der Waals surface area contributed by atoms with Crippen LogP contribution in [0.4, 0.5) is 10.1 Å². The van der Waals surface area contributed by atoms with Crippen molar-refractivity contribution in [2.45, 2.75) is 13.8 Å². The molecule has 0 radical (unpaired) electrons. The molecule has 0 bridgehead atoms. The molecule has 0 aliphatic carbocycles. The summed E-state index contributed by atoms with van der Waals surface area (Å²) in [5, 5.41) is 17.2. The zero-order valence-electron chi connectivity index (χ0n) is 19.0. The Morgan fingerprint density at radius 1 is 0.829 bits per heavy atom. The molecule has 35 heavy (non-hydrogen) atoms. The van der Waals surface area contributed by atoms with Crippen molar-refractivity contribution in [1.29, 1.82) is 5.26 Å². The molecular weight excluding hydrogens is 669 g/mol. The number of nitriles is 1. The van der Waals surface area contributed by atoms with Crippen LogP contribution in [0.15, 0.2) is 84.9 Å². The van der Waals surface area contributed by atoms with E-state index in [0.717, 1.165) is 17.1 Å². The summed E-state index contributed by atoms with van der Waals surface area (Å²) in [4.78, 5) is 3.34. The molecule has 0 saturated carbocycles. The van der Waals surface area contributed by atoms with Gasteiger partial charge in [-0.2, -0.15) is 5.26 Å². The third-order valence-electron chi connectivity index (χ3n) is 4.45. The molecule has 176 valence electrons. The van der Waals surface area contributed by atoms with Gasteiger partial charge in [0.05, 0.1) is 18.2 Å². The lowest BCUT2D eigenvalue weighted by atomic mass is 10.2. The minimum Gasteiger partial charge on any atom is -0.508 e. The van der Waals surface area contributed by atoms with Gasteiger partial charge in [0, 0.05) is 7.14 Å². The summed E-state index contributed by atoms with van der Waals surface area (Å²) in [6.45, 7) is 10.9. The molecule has 0 aliphatic heterocycles. The van der Waals surface area contributed by atoms with E-state index in [0.29, 0.717) is 17.0 Å². The van der Waals surface area contributed by atoms with Crippen LogP contribution in [-0.4, -0.2) is 5.11 Å². The Kier molecular flexibility index (Phi) is 11.5. The molecule has 4 aromatic rings. The number of halogens is 3. The fourth-order valence-electron chi connectivity index (χ4n) is 2.56. The SMILES string of the molecule is Cc1cc(O)ccc1I.N#Cc1ccc(F)cc1.[C-]#[N+]c1ccc(Oc2ccc(I)c(C)c2)cc1. The highest BCUT2D eigenvalue weighted by Crippen LogP contribution is 2.26. The Balaban J connectivity index is 0.000000203. The predicted molar refractivity (Wildman–Crippen MR) is 153 cm³/mol. The van der Waals surface area contributed by atoms with Gasteiger partial charge in [0.2, 0.25) is 0 Å². The average molecular weight is 690 g/mol. The van der Waals surface area contributed by atoms with Gasteiger partial charge in [0.1, 0.15) is 23.1 Å². The van der Waals surface area contributed by atoms with Crippen molar-refractivity contribution in [3.63, 3.8) is 0 Å². The van der Waals surface area contributed by atoms with Gasteiger partial charge in [-0.1, -0.05) is 12.1 Å². The molecule has 0 amide bonds. The van der Waals surface area contributed by atoms with Gasteiger partial charge in [-0.05, 0) is 143 Å². The first kappa shape index (κ1) is 28.1. The number of rotatable bonds is 2. The lowest BCUT2D eigenvalue weighted by Crippen LogP contribution is -1.86. The summed E-state index contributed by atoms with van der Waals surface area (Å²) in [5.74, 6) is 1.60. The third kappa shape index (κ3) is 9.93. The standard InChI is InChI=1S/C14H10INO.C7H4FN.C7H7IO/c1-10-9-13(7-8-14(10)15)17-12-5-3-11(16-2)4-6-12;8-7-3-1-6(5-9)2-4-7;1-5-4-6(9)2-3-7(5)8/h3-9H,1H3;1-4H;2-4,9H,1H3. The number of hydrogen-bond acceptors (Lipinski definition) is 3. The summed E-state index contributed by atoms with van der Waals surface area (Å²) in [7, 11) is 0. The summed E-state index contributed by atoms with van der Waals surface area (Å²) in [6, 6.07) is 25.7. The maximum atomic E-state index is 12.1. The first-order chi connectivity index (χ1) is 16.7. The van der Waals surface area contributed by atoms with Gasteiger partial charge in [0.25, 0.3) is 0 Å². The molecule has 4 rings (SSSR count). The highest BCUT2D eigenvalue weighted by atomic mass is 127. The van der Waals surface area contributed by atoms with Crippen LogP contribution < -0.4 is 4.74 Å². The van der Waals surface area contributed by atoms with Gasteiger partial charge in [0.15, 0.2) is 5.69 Å². The summed E-state index contributed by atoms with van der Waals surface area (Å²) < 4.78 is 20.2. The van der Waals surface area contributed by atoms with E-state index in [9.17, 15) is 4.39 Å². The maximum Gasteiger partial charge on any atom is 0.187 e. The number of aryl methyl sites for hydroxylation is 2. The van der Waals surface area contributed by atoms with E-state index in [1.54, 1.807) is 36.4 Å². The van der Waals surface area contributed by atoms with Gasteiger partial charge in [-0.25, -0.2) is 9.24 Å². The summed E-state index contributed by atoms with van der Waals surface area (Å²) in [6.07, 6.45) is 0. The van der Waals surface area contributed by atoms with Crippen molar-refractivity contribution >= 4 is 50.9 Å². The van der Waals surface area contributed by atoms with Crippen LogP contribution in [0.5, 0.6) is 17.2 Å². The lowest BCUT2D eigenvalue weighted by molar-refractivity contribution is 0.474. The molecule has 7 heteroatoms. The quantitative estimate of drug-likeness (QED) is 0.169. The Morgan fingerprint density at radius 2 is 1.37 bits per heavy atom. The third-order valence-corrected chi connectivity index (χ3v) is 6.87. The molecule has 0 aliphatic rings. The average Bonchev–Trinajstić information content (AvgIpc) is 2.86. The predicted octanol–water partition coefficient (Wildman–Crippen LogP) is 8.95. The first-order valence-corrected chi connectivity index (χ1v) is 12.4. The second kappa shape index (κ2) is 14.3. The van der Waals surface area contributed by atoms with Crippen LogP contribution >= 0.6 is 45.2 Å². The molecule has 0 unspecified atom stereocenters. The van der Waals surface area contributed by atoms with Crippen molar-refractivity contribution in [1.82, 2.24) is 0 Å². The fourth-order valence-corrected chi connectivity index (χ4v) is 3.23. The van der Waals surface area contributed by atoms with Crippen LogP contribution in [0.3, 0.4) is 0 Å². The number of nitrogens with zero attached hydrogens (tertiary/aromatic N) is 2. The van der Waals surface area contributed by atoms with Crippen LogP contribution in [0.2, 0.25) is 0 Å². The van der Waals surface area contributed by atoms with E-state index in [4.69, 9.17) is 21.7 Å². The number of phenols is 1. The lowest BCUT2D eigenvalue weighted by Gasteiger charge is -2.07. The first-order valence-electron chi connectivity index (χ1n) is 10.2. The van der Waals surface area contributed by atoms with Crippen molar-refractivity contribution < 1.29 is 14.2 Å². The number of hydrogen-bond donors (Lipinski definition) is 1. The molecule has 0 saturated heterocycles. The minimum atomic E-state index is -0.311. The summed E-state index contributed by atoms with van der Waals surface area (Å²) in [5.41, 5.74) is 3.42. The zero-order chi connectivity index (χ0) is 25.8. The van der Waals surface area contributed by atoms with Gasteiger partial charge >= 0.3 is 0 Å². The minimum absolute atomic E-state index is 0.311. The monoisotopic (exact) mass is 690 g/mol. The van der Waals surface area contributed by atoms with E-state index in [2.05, 4.69) is 57.0 Å². The molecule has 0 atom stereocenters. The Morgan fingerprint density at radius 3 is 1.86 bits per heavy atom. The molecular formula is C28H21FI2N2O2. The van der Waals surface area contributed by atoms with Crippen LogP contribution in [-0.2, 0) is 0 Å². The van der Waals surface area contributed by atoms with E-state index >= 15 is 0 Å². The smallest absolute Gasteiger partial charge is 0.187 e. The second-order valence-corrected chi connectivity index (χ2v) is 9.50.